The third-order valence-corrected chi connectivity index (χ3v) is 4.25. The molecule has 0 radical (unpaired) electrons. The van der Waals surface area contributed by atoms with Crippen molar-refractivity contribution in [2.45, 2.75) is 51.6 Å². The Hall–Kier alpha value is -1.37. The van der Waals surface area contributed by atoms with Crippen molar-refractivity contribution in [3.05, 3.63) is 35.9 Å². The lowest BCUT2D eigenvalue weighted by molar-refractivity contribution is -0.145. The van der Waals surface area contributed by atoms with Gasteiger partial charge in [0.05, 0.1) is 24.2 Å². The van der Waals surface area contributed by atoms with E-state index in [0.717, 1.165) is 5.56 Å². The van der Waals surface area contributed by atoms with Gasteiger partial charge in [-0.1, -0.05) is 30.3 Å². The number of hydrogen-bond donors (Lipinski definition) is 2. The van der Waals surface area contributed by atoms with Gasteiger partial charge in [-0.25, -0.2) is 0 Å². The van der Waals surface area contributed by atoms with E-state index in [2.05, 4.69) is 0 Å². The molecule has 1 rings (SSSR count). The topological polar surface area (TPSA) is 76.0 Å². The predicted octanol–water partition coefficient (Wildman–Crippen LogP) is 2.06. The number of carbonyl (C=O) groups is 1. The molecule has 0 amide bonds. The van der Waals surface area contributed by atoms with Crippen molar-refractivity contribution in [1.29, 1.82) is 0 Å². The summed E-state index contributed by atoms with van der Waals surface area (Å²) in [7, 11) is 0.151. The smallest absolute Gasteiger partial charge is 0.455 e. The van der Waals surface area contributed by atoms with Gasteiger partial charge < -0.3 is 19.5 Å². The summed E-state index contributed by atoms with van der Waals surface area (Å²) < 4.78 is 10.4. The van der Waals surface area contributed by atoms with E-state index in [0.29, 0.717) is 6.42 Å². The molecule has 0 spiro atoms. The predicted molar refractivity (Wildman–Crippen MR) is 89.9 cm³/mol. The highest BCUT2D eigenvalue weighted by Crippen LogP contribution is 2.27. The monoisotopic (exact) mass is 322 g/mol. The molecule has 0 saturated heterocycles. The largest absolute Gasteiger partial charge is 0.469 e. The summed E-state index contributed by atoms with van der Waals surface area (Å²) in [6, 6.07) is 9.54. The van der Waals surface area contributed by atoms with Crippen molar-refractivity contribution in [3.8, 4) is 0 Å². The van der Waals surface area contributed by atoms with Crippen LogP contribution < -0.4 is 0 Å². The van der Waals surface area contributed by atoms with Crippen molar-refractivity contribution in [3.63, 3.8) is 0 Å². The zero-order valence-corrected chi connectivity index (χ0v) is 14.6. The Bertz CT molecular complexity index is 495. The minimum atomic E-state index is -1.18. The van der Waals surface area contributed by atoms with Crippen LogP contribution in [0, 0.1) is 5.92 Å². The van der Waals surface area contributed by atoms with Gasteiger partial charge in [0.25, 0.3) is 0 Å². The van der Waals surface area contributed by atoms with E-state index < -0.39 is 30.2 Å². The van der Waals surface area contributed by atoms with E-state index in [1.54, 1.807) is 27.7 Å². The molecular formula is C17H27BO5. The van der Waals surface area contributed by atoms with Crippen LogP contribution in [0.2, 0.25) is 6.32 Å². The fraction of sp³-hybridized carbons (Fsp3) is 0.588. The molecule has 0 aliphatic carbocycles. The molecular weight excluding hydrogens is 295 g/mol. The summed E-state index contributed by atoms with van der Waals surface area (Å²) in [6.45, 7) is 6.62. The first-order valence-electron chi connectivity index (χ1n) is 7.77. The Morgan fingerprint density at radius 3 is 2.26 bits per heavy atom. The Labute approximate surface area is 138 Å². The van der Waals surface area contributed by atoms with Crippen molar-refractivity contribution in [2.75, 3.05) is 7.11 Å². The third kappa shape index (κ3) is 5.97. The van der Waals surface area contributed by atoms with E-state index in [4.69, 9.17) is 9.39 Å². The molecule has 1 aromatic carbocycles. The molecule has 0 unspecified atom stereocenters. The van der Waals surface area contributed by atoms with Gasteiger partial charge in [-0.05, 0) is 46.0 Å². The van der Waals surface area contributed by atoms with Gasteiger partial charge in [0.1, 0.15) is 0 Å². The Morgan fingerprint density at radius 2 is 1.78 bits per heavy atom. The highest BCUT2D eigenvalue weighted by atomic mass is 16.5. The SMILES string of the molecule is COC(=O)[C@H](CB(O)OC(C)(C)C(C)(C)O)Cc1ccccc1. The van der Waals surface area contributed by atoms with Crippen LogP contribution in [-0.4, -0.2) is 41.5 Å². The molecule has 6 heteroatoms. The van der Waals surface area contributed by atoms with Crippen LogP contribution in [-0.2, 0) is 20.6 Å². The maximum absolute atomic E-state index is 12.0. The molecule has 23 heavy (non-hydrogen) atoms. The van der Waals surface area contributed by atoms with E-state index in [9.17, 15) is 14.9 Å². The lowest BCUT2D eigenvalue weighted by Crippen LogP contribution is -2.50. The summed E-state index contributed by atoms with van der Waals surface area (Å²) in [5, 5.41) is 20.3. The van der Waals surface area contributed by atoms with Crippen LogP contribution in [0.5, 0.6) is 0 Å². The van der Waals surface area contributed by atoms with Gasteiger partial charge in [-0.2, -0.15) is 0 Å². The molecule has 2 N–H and O–H groups in total. The highest BCUT2D eigenvalue weighted by Gasteiger charge is 2.40. The number of esters is 1. The zero-order valence-electron chi connectivity index (χ0n) is 14.6. The van der Waals surface area contributed by atoms with Crippen molar-refractivity contribution < 1.29 is 24.3 Å². The maximum atomic E-state index is 12.0. The normalized spacial score (nSPS) is 13.5. The molecule has 0 fully saturated rings. The number of benzene rings is 1. The number of hydrogen-bond acceptors (Lipinski definition) is 5. The average Bonchev–Trinajstić information content (AvgIpc) is 2.45. The van der Waals surface area contributed by atoms with Gasteiger partial charge in [0.15, 0.2) is 0 Å². The quantitative estimate of drug-likeness (QED) is 0.566. The van der Waals surface area contributed by atoms with E-state index in [1.165, 1.54) is 7.11 Å². The summed E-state index contributed by atoms with van der Waals surface area (Å²) in [4.78, 5) is 12.0. The molecule has 1 atom stereocenters. The van der Waals surface area contributed by atoms with Gasteiger partial charge in [-0.15, -0.1) is 0 Å². The second-order valence-corrected chi connectivity index (χ2v) is 6.79. The minimum Gasteiger partial charge on any atom is -0.469 e. The van der Waals surface area contributed by atoms with E-state index >= 15 is 0 Å². The maximum Gasteiger partial charge on any atom is 0.455 e. The number of aliphatic hydroxyl groups is 1. The average molecular weight is 322 g/mol. The number of ether oxygens (including phenoxy) is 1. The van der Waals surface area contributed by atoms with E-state index in [-0.39, 0.29) is 6.32 Å². The van der Waals surface area contributed by atoms with Gasteiger partial charge in [0, 0.05) is 0 Å². The third-order valence-electron chi connectivity index (χ3n) is 4.25. The lowest BCUT2D eigenvalue weighted by atomic mass is 9.73. The van der Waals surface area contributed by atoms with Gasteiger partial charge in [0.2, 0.25) is 0 Å². The summed E-state index contributed by atoms with van der Waals surface area (Å²) >= 11 is 0. The van der Waals surface area contributed by atoms with Crippen molar-refractivity contribution in [2.24, 2.45) is 5.92 Å². The molecule has 0 heterocycles. The summed E-state index contributed by atoms with van der Waals surface area (Å²) in [5.74, 6) is -0.910. The second kappa shape index (κ2) is 7.95. The molecule has 0 saturated carbocycles. The molecule has 0 aliphatic heterocycles. The van der Waals surface area contributed by atoms with Crippen LogP contribution in [0.4, 0.5) is 0 Å². The lowest BCUT2D eigenvalue weighted by Gasteiger charge is -2.38. The Kier molecular flexibility index (Phi) is 6.80. The first kappa shape index (κ1) is 19.7. The molecule has 0 aromatic heterocycles. The Balaban J connectivity index is 2.76. The summed E-state index contributed by atoms with van der Waals surface area (Å²) in [5.41, 5.74) is -1.11. The molecule has 0 aliphatic rings. The van der Waals surface area contributed by atoms with E-state index in [1.807, 2.05) is 30.3 Å². The van der Waals surface area contributed by atoms with Crippen LogP contribution in [0.3, 0.4) is 0 Å². The number of carbonyl (C=O) groups excluding carboxylic acids is 1. The van der Waals surface area contributed by atoms with Crippen molar-refractivity contribution in [1.82, 2.24) is 0 Å². The standard InChI is InChI=1S/C17H27BO5/c1-16(2,20)17(3,4)23-18(21)12-14(15(19)22-5)11-13-9-7-6-8-10-13/h6-10,14,20-21H,11-12H2,1-5H3/t14-/m0/s1. The van der Waals surface area contributed by atoms with Crippen LogP contribution in [0.25, 0.3) is 0 Å². The number of rotatable bonds is 8. The van der Waals surface area contributed by atoms with Gasteiger partial charge in [-0.3, -0.25) is 4.79 Å². The fourth-order valence-corrected chi connectivity index (χ4v) is 2.10. The van der Waals surface area contributed by atoms with Crippen LogP contribution in [0.15, 0.2) is 30.3 Å². The number of methoxy groups -OCH3 is 1. The highest BCUT2D eigenvalue weighted by molar-refractivity contribution is 6.43. The Morgan fingerprint density at radius 1 is 1.22 bits per heavy atom. The molecule has 1 aromatic rings. The first-order chi connectivity index (χ1) is 10.6. The molecule has 128 valence electrons. The molecule has 0 bridgehead atoms. The van der Waals surface area contributed by atoms with Crippen LogP contribution in [0.1, 0.15) is 33.3 Å². The molecule has 5 nitrogen and oxygen atoms in total. The summed E-state index contributed by atoms with van der Waals surface area (Å²) in [6.07, 6.45) is 0.554. The van der Waals surface area contributed by atoms with Crippen molar-refractivity contribution >= 4 is 13.1 Å². The minimum absolute atomic E-state index is 0.0983. The second-order valence-electron chi connectivity index (χ2n) is 6.79. The fourth-order valence-electron chi connectivity index (χ4n) is 2.10. The van der Waals surface area contributed by atoms with Crippen LogP contribution >= 0.6 is 0 Å². The van der Waals surface area contributed by atoms with Gasteiger partial charge >= 0.3 is 13.1 Å². The zero-order chi connectivity index (χ0) is 17.7. The first-order valence-corrected chi connectivity index (χ1v) is 7.77.